The SMILES string of the molecule is O=C1c2ccccc2C(=O)N1CCCCCCN1CCC(C2(c3ccc(F)cc3)OCCO2)CC1. The monoisotopic (exact) mass is 480 g/mol. The zero-order valence-corrected chi connectivity index (χ0v) is 20.1. The Balaban J connectivity index is 1.02. The predicted octanol–water partition coefficient (Wildman–Crippen LogP) is 4.59. The lowest BCUT2D eigenvalue weighted by Gasteiger charge is -2.41. The Morgan fingerprint density at radius 2 is 1.37 bits per heavy atom. The average Bonchev–Trinajstić information content (AvgIpc) is 3.47. The highest BCUT2D eigenvalue weighted by Crippen LogP contribution is 2.43. The molecule has 2 saturated heterocycles. The van der Waals surface area contributed by atoms with Gasteiger partial charge in [-0.15, -0.1) is 0 Å². The van der Waals surface area contributed by atoms with E-state index in [1.807, 2.05) is 0 Å². The van der Waals surface area contributed by atoms with E-state index in [2.05, 4.69) is 4.90 Å². The fraction of sp³-hybridized carbons (Fsp3) is 0.500. The lowest BCUT2D eigenvalue weighted by Crippen LogP contribution is -2.44. The number of halogens is 1. The summed E-state index contributed by atoms with van der Waals surface area (Å²) in [6.07, 6.45) is 5.98. The molecule has 186 valence electrons. The molecule has 0 aliphatic carbocycles. The van der Waals surface area contributed by atoms with E-state index in [0.29, 0.717) is 30.9 Å². The van der Waals surface area contributed by atoms with Gasteiger partial charge < -0.3 is 14.4 Å². The standard InChI is InChI=1S/C28H33FN2O4/c29-23-11-9-21(10-12-23)28(34-19-20-35-28)22-13-17-30(18-14-22)15-5-1-2-6-16-31-26(32)24-7-3-4-8-25(24)27(31)33/h3-4,7-12,22H,1-2,5-6,13-20H2. The Morgan fingerprint density at radius 1 is 0.800 bits per heavy atom. The van der Waals surface area contributed by atoms with Gasteiger partial charge in [-0.05, 0) is 69.6 Å². The summed E-state index contributed by atoms with van der Waals surface area (Å²) in [6.45, 7) is 4.66. The normalized spacial score (nSPS) is 20.5. The minimum absolute atomic E-state index is 0.165. The molecule has 2 fully saturated rings. The van der Waals surface area contributed by atoms with Crippen molar-refractivity contribution in [2.45, 2.75) is 44.3 Å². The van der Waals surface area contributed by atoms with Gasteiger partial charge in [0.25, 0.3) is 11.8 Å². The van der Waals surface area contributed by atoms with Crippen LogP contribution >= 0.6 is 0 Å². The van der Waals surface area contributed by atoms with E-state index in [9.17, 15) is 14.0 Å². The maximum absolute atomic E-state index is 13.4. The number of carbonyl (C=O) groups is 2. The van der Waals surface area contributed by atoms with Crippen LogP contribution in [0.1, 0.15) is 64.8 Å². The van der Waals surface area contributed by atoms with Gasteiger partial charge in [-0.2, -0.15) is 0 Å². The van der Waals surface area contributed by atoms with Gasteiger partial charge >= 0.3 is 0 Å². The topological polar surface area (TPSA) is 59.1 Å². The fourth-order valence-corrected chi connectivity index (χ4v) is 5.69. The molecule has 0 spiro atoms. The minimum atomic E-state index is -0.746. The van der Waals surface area contributed by atoms with Crippen LogP contribution in [0.15, 0.2) is 48.5 Å². The van der Waals surface area contributed by atoms with Gasteiger partial charge in [-0.3, -0.25) is 14.5 Å². The highest BCUT2D eigenvalue weighted by molar-refractivity contribution is 6.21. The van der Waals surface area contributed by atoms with Crippen molar-refractivity contribution in [3.05, 3.63) is 71.0 Å². The van der Waals surface area contributed by atoms with Crippen LogP contribution < -0.4 is 0 Å². The zero-order valence-electron chi connectivity index (χ0n) is 20.1. The van der Waals surface area contributed by atoms with Gasteiger partial charge in [-0.1, -0.05) is 37.1 Å². The van der Waals surface area contributed by atoms with Crippen LogP contribution in [-0.4, -0.2) is 61.0 Å². The summed E-state index contributed by atoms with van der Waals surface area (Å²) in [4.78, 5) is 28.8. The number of fused-ring (bicyclic) bond motifs is 1. The molecule has 6 nitrogen and oxygen atoms in total. The Kier molecular flexibility index (Phi) is 7.27. The molecule has 0 radical (unpaired) electrons. The third kappa shape index (κ3) is 4.90. The first-order valence-corrected chi connectivity index (χ1v) is 12.8. The summed E-state index contributed by atoms with van der Waals surface area (Å²) >= 11 is 0. The number of hydrogen-bond donors (Lipinski definition) is 0. The Morgan fingerprint density at radius 3 is 1.97 bits per heavy atom. The Hall–Kier alpha value is -2.61. The van der Waals surface area contributed by atoms with E-state index in [0.717, 1.165) is 63.7 Å². The first-order chi connectivity index (χ1) is 17.1. The maximum Gasteiger partial charge on any atom is 0.261 e. The van der Waals surface area contributed by atoms with Gasteiger partial charge in [0.1, 0.15) is 5.82 Å². The molecule has 35 heavy (non-hydrogen) atoms. The molecule has 0 N–H and O–H groups in total. The second-order valence-electron chi connectivity index (χ2n) is 9.71. The van der Waals surface area contributed by atoms with Crippen molar-refractivity contribution < 1.29 is 23.5 Å². The minimum Gasteiger partial charge on any atom is -0.343 e. The molecule has 2 aromatic rings. The number of likely N-dealkylation sites (tertiary alicyclic amines) is 1. The van der Waals surface area contributed by atoms with Gasteiger partial charge in [0.2, 0.25) is 0 Å². The summed E-state index contributed by atoms with van der Waals surface area (Å²) in [7, 11) is 0. The van der Waals surface area contributed by atoms with Crippen LogP contribution in [-0.2, 0) is 15.3 Å². The fourth-order valence-electron chi connectivity index (χ4n) is 5.69. The molecule has 2 amide bonds. The predicted molar refractivity (Wildman–Crippen MR) is 129 cm³/mol. The van der Waals surface area contributed by atoms with E-state index in [4.69, 9.17) is 9.47 Å². The lowest BCUT2D eigenvalue weighted by atomic mass is 9.84. The Bertz CT molecular complexity index is 1010. The summed E-state index contributed by atoms with van der Waals surface area (Å²) < 4.78 is 25.7. The van der Waals surface area contributed by atoms with E-state index in [1.54, 1.807) is 36.4 Å². The van der Waals surface area contributed by atoms with Crippen LogP contribution in [0, 0.1) is 11.7 Å². The molecular weight excluding hydrogens is 447 g/mol. The highest BCUT2D eigenvalue weighted by Gasteiger charge is 2.46. The summed E-state index contributed by atoms with van der Waals surface area (Å²) in [5.41, 5.74) is 1.96. The van der Waals surface area contributed by atoms with Gasteiger partial charge in [0.05, 0.1) is 24.3 Å². The lowest BCUT2D eigenvalue weighted by molar-refractivity contribution is -0.214. The Labute approximate surface area is 206 Å². The molecule has 7 heteroatoms. The summed E-state index contributed by atoms with van der Waals surface area (Å²) in [6, 6.07) is 13.6. The smallest absolute Gasteiger partial charge is 0.261 e. The van der Waals surface area contributed by atoms with E-state index >= 15 is 0 Å². The number of carbonyl (C=O) groups excluding carboxylic acids is 2. The molecule has 2 aromatic carbocycles. The molecule has 3 heterocycles. The molecule has 0 saturated carbocycles. The number of benzene rings is 2. The van der Waals surface area contributed by atoms with Gasteiger partial charge in [-0.25, -0.2) is 4.39 Å². The molecule has 0 atom stereocenters. The van der Waals surface area contributed by atoms with Crippen molar-refractivity contribution in [1.29, 1.82) is 0 Å². The maximum atomic E-state index is 13.4. The molecule has 3 aliphatic rings. The average molecular weight is 481 g/mol. The molecule has 3 aliphatic heterocycles. The van der Waals surface area contributed by atoms with E-state index in [-0.39, 0.29) is 23.5 Å². The van der Waals surface area contributed by atoms with Crippen molar-refractivity contribution in [3.63, 3.8) is 0 Å². The van der Waals surface area contributed by atoms with Crippen molar-refractivity contribution in [2.24, 2.45) is 5.92 Å². The summed E-state index contributed by atoms with van der Waals surface area (Å²) in [5.74, 6) is -1.07. The number of imide groups is 1. The number of piperidine rings is 1. The van der Waals surface area contributed by atoms with Crippen LogP contribution in [0.2, 0.25) is 0 Å². The van der Waals surface area contributed by atoms with Crippen molar-refractivity contribution in [3.8, 4) is 0 Å². The zero-order chi connectivity index (χ0) is 24.3. The number of nitrogens with zero attached hydrogens (tertiary/aromatic N) is 2. The number of amides is 2. The molecule has 0 unspecified atom stereocenters. The molecule has 5 rings (SSSR count). The van der Waals surface area contributed by atoms with Crippen molar-refractivity contribution in [1.82, 2.24) is 9.80 Å². The largest absolute Gasteiger partial charge is 0.343 e. The van der Waals surface area contributed by atoms with Crippen molar-refractivity contribution in [2.75, 3.05) is 39.4 Å². The number of rotatable bonds is 9. The highest BCUT2D eigenvalue weighted by atomic mass is 19.1. The van der Waals surface area contributed by atoms with Gasteiger partial charge in [0, 0.05) is 18.0 Å². The van der Waals surface area contributed by atoms with Crippen molar-refractivity contribution >= 4 is 11.8 Å². The molecule has 0 bridgehead atoms. The second-order valence-corrected chi connectivity index (χ2v) is 9.71. The van der Waals surface area contributed by atoms with Gasteiger partial charge in [0.15, 0.2) is 5.79 Å². The van der Waals surface area contributed by atoms with Crippen LogP contribution in [0.5, 0.6) is 0 Å². The third-order valence-corrected chi connectivity index (χ3v) is 7.57. The molecular formula is C28H33FN2O4. The van der Waals surface area contributed by atoms with E-state index < -0.39 is 5.79 Å². The number of ether oxygens (including phenoxy) is 2. The number of hydrogen-bond acceptors (Lipinski definition) is 5. The quantitative estimate of drug-likeness (QED) is 0.388. The summed E-state index contributed by atoms with van der Waals surface area (Å²) in [5, 5.41) is 0. The first-order valence-electron chi connectivity index (χ1n) is 12.8. The first kappa shape index (κ1) is 24.1. The second kappa shape index (κ2) is 10.6. The third-order valence-electron chi connectivity index (χ3n) is 7.57. The van der Waals surface area contributed by atoms with Crippen LogP contribution in [0.25, 0.3) is 0 Å². The molecule has 0 aromatic heterocycles. The van der Waals surface area contributed by atoms with Crippen LogP contribution in [0.3, 0.4) is 0 Å². The van der Waals surface area contributed by atoms with E-state index in [1.165, 1.54) is 17.0 Å². The number of unbranched alkanes of at least 4 members (excludes halogenated alkanes) is 3. The van der Waals surface area contributed by atoms with Crippen LogP contribution in [0.4, 0.5) is 4.39 Å².